The third kappa shape index (κ3) is 3.93. The number of nitrogens with zero attached hydrogens (tertiary/aromatic N) is 1. The van der Waals surface area contributed by atoms with E-state index in [0.29, 0.717) is 12.5 Å². The summed E-state index contributed by atoms with van der Waals surface area (Å²) in [7, 11) is 0. The van der Waals surface area contributed by atoms with E-state index < -0.39 is 17.8 Å². The Balaban J connectivity index is 1.82. The fraction of sp³-hybridized carbons (Fsp3) is 0.538. The van der Waals surface area contributed by atoms with Crippen LogP contribution in [0.4, 0.5) is 13.2 Å². The molecule has 0 aliphatic carbocycles. The molecule has 1 atom stereocenters. The smallest absolute Gasteiger partial charge is 0.352 e. The number of amides is 1. The molecule has 1 fully saturated rings. The van der Waals surface area contributed by atoms with Crippen LogP contribution in [-0.2, 0) is 6.18 Å². The number of carbonyl (C=O) groups is 1. The summed E-state index contributed by atoms with van der Waals surface area (Å²) in [4.78, 5) is 15.0. The van der Waals surface area contributed by atoms with Gasteiger partial charge in [-0.05, 0) is 44.0 Å². The molecule has 110 valence electrons. The van der Waals surface area contributed by atoms with Crippen LogP contribution < -0.4 is 10.6 Å². The average Bonchev–Trinajstić information content (AvgIpc) is 2.91. The first-order chi connectivity index (χ1) is 9.47. The molecule has 2 rings (SSSR count). The van der Waals surface area contributed by atoms with E-state index in [1.54, 1.807) is 0 Å². The van der Waals surface area contributed by atoms with Crippen molar-refractivity contribution in [3.8, 4) is 0 Å². The number of carbonyl (C=O) groups excluding carboxylic acids is 1. The van der Waals surface area contributed by atoms with Gasteiger partial charge in [0.25, 0.3) is 5.91 Å². The molecule has 1 aromatic heterocycles. The van der Waals surface area contributed by atoms with E-state index >= 15 is 0 Å². The Labute approximate surface area is 114 Å². The molecule has 2 heterocycles. The van der Waals surface area contributed by atoms with Crippen molar-refractivity contribution in [2.24, 2.45) is 5.92 Å². The summed E-state index contributed by atoms with van der Waals surface area (Å²) >= 11 is 0. The molecular weight excluding hydrogens is 271 g/mol. The number of pyridine rings is 1. The molecule has 20 heavy (non-hydrogen) atoms. The maximum absolute atomic E-state index is 12.3. The predicted molar refractivity (Wildman–Crippen MR) is 67.2 cm³/mol. The van der Waals surface area contributed by atoms with Crippen LogP contribution in [0.5, 0.6) is 0 Å². The van der Waals surface area contributed by atoms with E-state index in [-0.39, 0.29) is 5.56 Å². The molecule has 1 aliphatic heterocycles. The maximum Gasteiger partial charge on any atom is 0.433 e. The van der Waals surface area contributed by atoms with Crippen LogP contribution in [0.3, 0.4) is 0 Å². The first-order valence-electron chi connectivity index (χ1n) is 6.49. The zero-order chi connectivity index (χ0) is 14.6. The second kappa shape index (κ2) is 6.21. The standard InChI is InChI=1S/C13H16F3N3O/c14-13(15,16)11-2-1-10(8-19-11)12(20)18-6-4-9-3-5-17-7-9/h1-2,8-9,17H,3-7H2,(H,18,20). The van der Waals surface area contributed by atoms with Crippen molar-refractivity contribution in [3.05, 3.63) is 29.6 Å². The summed E-state index contributed by atoms with van der Waals surface area (Å²) in [5.74, 6) is 0.165. The molecule has 2 N–H and O–H groups in total. The Bertz CT molecular complexity index is 453. The van der Waals surface area contributed by atoms with Gasteiger partial charge in [-0.1, -0.05) is 0 Å². The molecule has 1 amide bonds. The number of hydrogen-bond acceptors (Lipinski definition) is 3. The molecule has 4 nitrogen and oxygen atoms in total. The van der Waals surface area contributed by atoms with Crippen LogP contribution in [0.15, 0.2) is 18.3 Å². The number of alkyl halides is 3. The molecule has 0 bridgehead atoms. The van der Waals surface area contributed by atoms with Crippen LogP contribution in [0.25, 0.3) is 0 Å². The maximum atomic E-state index is 12.3. The van der Waals surface area contributed by atoms with Gasteiger partial charge in [0.2, 0.25) is 0 Å². The highest BCUT2D eigenvalue weighted by Crippen LogP contribution is 2.27. The lowest BCUT2D eigenvalue weighted by Gasteiger charge is -2.10. The topological polar surface area (TPSA) is 54.0 Å². The van der Waals surface area contributed by atoms with Crippen molar-refractivity contribution in [2.75, 3.05) is 19.6 Å². The quantitative estimate of drug-likeness (QED) is 0.888. The lowest BCUT2D eigenvalue weighted by atomic mass is 10.1. The van der Waals surface area contributed by atoms with Gasteiger partial charge >= 0.3 is 6.18 Å². The van der Waals surface area contributed by atoms with Crippen molar-refractivity contribution in [2.45, 2.75) is 19.0 Å². The Kier molecular flexibility index (Phi) is 4.59. The van der Waals surface area contributed by atoms with Gasteiger partial charge in [0.1, 0.15) is 5.69 Å². The summed E-state index contributed by atoms with van der Waals surface area (Å²) in [6.07, 6.45) is -1.57. The van der Waals surface area contributed by atoms with E-state index in [1.807, 2.05) is 0 Å². The van der Waals surface area contributed by atoms with Gasteiger partial charge in [0.15, 0.2) is 0 Å². The van der Waals surface area contributed by atoms with Crippen LogP contribution >= 0.6 is 0 Å². The van der Waals surface area contributed by atoms with Crippen LogP contribution in [0, 0.1) is 5.92 Å². The largest absolute Gasteiger partial charge is 0.433 e. The van der Waals surface area contributed by atoms with Crippen LogP contribution in [0.2, 0.25) is 0 Å². The molecule has 0 radical (unpaired) electrons. The number of hydrogen-bond donors (Lipinski definition) is 2. The Morgan fingerprint density at radius 1 is 1.45 bits per heavy atom. The normalized spacial score (nSPS) is 19.1. The highest BCUT2D eigenvalue weighted by molar-refractivity contribution is 5.93. The molecule has 7 heteroatoms. The number of halogens is 3. The molecular formula is C13H16F3N3O. The van der Waals surface area contributed by atoms with Crippen molar-refractivity contribution >= 4 is 5.91 Å². The zero-order valence-corrected chi connectivity index (χ0v) is 10.8. The van der Waals surface area contributed by atoms with Gasteiger partial charge in [-0.3, -0.25) is 9.78 Å². The predicted octanol–water partition coefficient (Wildman–Crippen LogP) is 1.83. The Morgan fingerprint density at radius 2 is 2.25 bits per heavy atom. The molecule has 1 unspecified atom stereocenters. The van der Waals surface area contributed by atoms with E-state index in [1.165, 1.54) is 0 Å². The second-order valence-electron chi connectivity index (χ2n) is 4.83. The monoisotopic (exact) mass is 287 g/mol. The van der Waals surface area contributed by atoms with Crippen molar-refractivity contribution < 1.29 is 18.0 Å². The van der Waals surface area contributed by atoms with E-state index in [9.17, 15) is 18.0 Å². The fourth-order valence-corrected chi connectivity index (χ4v) is 2.15. The van der Waals surface area contributed by atoms with Gasteiger partial charge in [-0.25, -0.2) is 0 Å². The number of rotatable bonds is 4. The van der Waals surface area contributed by atoms with E-state index in [4.69, 9.17) is 0 Å². The highest BCUT2D eigenvalue weighted by atomic mass is 19.4. The second-order valence-corrected chi connectivity index (χ2v) is 4.83. The minimum absolute atomic E-state index is 0.141. The zero-order valence-electron chi connectivity index (χ0n) is 10.8. The molecule has 1 aliphatic rings. The summed E-state index contributed by atoms with van der Waals surface area (Å²) in [5, 5.41) is 5.93. The number of nitrogens with one attached hydrogen (secondary N) is 2. The minimum Gasteiger partial charge on any atom is -0.352 e. The lowest BCUT2D eigenvalue weighted by molar-refractivity contribution is -0.141. The van der Waals surface area contributed by atoms with Gasteiger partial charge in [0.05, 0.1) is 5.56 Å². The van der Waals surface area contributed by atoms with Crippen molar-refractivity contribution in [3.63, 3.8) is 0 Å². The van der Waals surface area contributed by atoms with Gasteiger partial charge < -0.3 is 10.6 Å². The summed E-state index contributed by atoms with van der Waals surface area (Å²) in [6, 6.07) is 1.96. The van der Waals surface area contributed by atoms with Crippen molar-refractivity contribution in [1.29, 1.82) is 0 Å². The molecule has 0 aromatic carbocycles. The molecule has 1 aromatic rings. The van der Waals surface area contributed by atoms with Crippen LogP contribution in [0.1, 0.15) is 28.9 Å². The summed E-state index contributed by atoms with van der Waals surface area (Å²) < 4.78 is 37.0. The molecule has 0 saturated carbocycles. The highest BCUT2D eigenvalue weighted by Gasteiger charge is 2.32. The minimum atomic E-state index is -4.48. The molecule has 0 spiro atoms. The number of aromatic nitrogens is 1. The van der Waals surface area contributed by atoms with E-state index in [0.717, 1.165) is 44.3 Å². The Hall–Kier alpha value is -1.63. The van der Waals surface area contributed by atoms with Crippen molar-refractivity contribution in [1.82, 2.24) is 15.6 Å². The lowest BCUT2D eigenvalue weighted by Crippen LogP contribution is -2.26. The average molecular weight is 287 g/mol. The Morgan fingerprint density at radius 3 is 2.80 bits per heavy atom. The molecule has 1 saturated heterocycles. The third-order valence-corrected chi connectivity index (χ3v) is 3.32. The fourth-order valence-electron chi connectivity index (χ4n) is 2.15. The van der Waals surface area contributed by atoms with Gasteiger partial charge in [-0.15, -0.1) is 0 Å². The summed E-state index contributed by atoms with van der Waals surface area (Å²) in [6.45, 7) is 2.48. The van der Waals surface area contributed by atoms with Crippen LogP contribution in [-0.4, -0.2) is 30.5 Å². The van der Waals surface area contributed by atoms with E-state index in [2.05, 4.69) is 15.6 Å². The first kappa shape index (κ1) is 14.8. The van der Waals surface area contributed by atoms with Gasteiger partial charge in [-0.2, -0.15) is 13.2 Å². The third-order valence-electron chi connectivity index (χ3n) is 3.32. The first-order valence-corrected chi connectivity index (χ1v) is 6.49. The van der Waals surface area contributed by atoms with Gasteiger partial charge in [0, 0.05) is 12.7 Å². The SMILES string of the molecule is O=C(NCCC1CCNC1)c1ccc(C(F)(F)F)nc1. The summed E-state index contributed by atoms with van der Waals surface area (Å²) in [5.41, 5.74) is -0.853.